The highest BCUT2D eigenvalue weighted by atomic mass is 16.1. The lowest BCUT2D eigenvalue weighted by Crippen LogP contribution is -1.95. The van der Waals surface area contributed by atoms with Crippen molar-refractivity contribution < 1.29 is 4.79 Å². The van der Waals surface area contributed by atoms with Crippen LogP contribution in [0, 0.1) is 0 Å². The molecule has 1 aliphatic carbocycles. The highest BCUT2D eigenvalue weighted by molar-refractivity contribution is 5.88. The maximum Gasteiger partial charge on any atom is 0.167 e. The average molecular weight is 223 g/mol. The monoisotopic (exact) mass is 223 g/mol. The van der Waals surface area contributed by atoms with E-state index in [1.54, 1.807) is 0 Å². The molecule has 0 spiro atoms. The fraction of sp³-hybridized carbons (Fsp3) is 0.133. The molecule has 0 saturated carbocycles. The fourth-order valence-electron chi connectivity index (χ4n) is 2.35. The quantitative estimate of drug-likeness (QED) is 0.714. The van der Waals surface area contributed by atoms with Crippen molar-refractivity contribution >= 4 is 17.4 Å². The maximum atomic E-state index is 11.3. The maximum absolute atomic E-state index is 11.3. The van der Waals surface area contributed by atoms with Gasteiger partial charge < -0.3 is 4.40 Å². The van der Waals surface area contributed by atoms with E-state index in [0.717, 1.165) is 35.9 Å². The molecule has 0 unspecified atom stereocenters. The van der Waals surface area contributed by atoms with Gasteiger partial charge in [0.2, 0.25) is 0 Å². The average Bonchev–Trinajstić information content (AvgIpc) is 2.78. The van der Waals surface area contributed by atoms with Gasteiger partial charge in [-0.3, -0.25) is 4.79 Å². The molecule has 0 atom stereocenters. The van der Waals surface area contributed by atoms with Crippen LogP contribution in [-0.4, -0.2) is 10.7 Å². The van der Waals surface area contributed by atoms with Crippen LogP contribution in [0.3, 0.4) is 0 Å². The molecule has 0 aliphatic heterocycles. The third-order valence-electron chi connectivity index (χ3n) is 3.19. The number of fused-ring (bicyclic) bond motifs is 1. The molecule has 2 aromatic heterocycles. The summed E-state index contributed by atoms with van der Waals surface area (Å²) < 4.78 is 1.95. The Morgan fingerprint density at radius 2 is 2.24 bits per heavy atom. The standard InChI is InChI=1S/C15H13NO/c17-11-15-14(12-6-2-1-3-7-12)10-13-8-4-5-9-16(13)15/h1-2,4-6,8-11H,3,7H2. The van der Waals surface area contributed by atoms with Crippen LogP contribution in [0.25, 0.3) is 11.1 Å². The lowest BCUT2D eigenvalue weighted by molar-refractivity contribution is 0.111. The Hall–Kier alpha value is -2.09. The zero-order valence-electron chi connectivity index (χ0n) is 9.47. The van der Waals surface area contributed by atoms with Gasteiger partial charge in [0.15, 0.2) is 6.29 Å². The van der Waals surface area contributed by atoms with Crippen LogP contribution >= 0.6 is 0 Å². The van der Waals surface area contributed by atoms with Gasteiger partial charge >= 0.3 is 0 Å². The van der Waals surface area contributed by atoms with Crippen LogP contribution in [-0.2, 0) is 0 Å². The molecule has 0 fully saturated rings. The van der Waals surface area contributed by atoms with Crippen molar-refractivity contribution in [1.29, 1.82) is 0 Å². The summed E-state index contributed by atoms with van der Waals surface area (Å²) in [6, 6.07) is 8.05. The van der Waals surface area contributed by atoms with Crippen molar-refractivity contribution in [1.82, 2.24) is 4.40 Å². The van der Waals surface area contributed by atoms with E-state index >= 15 is 0 Å². The van der Waals surface area contributed by atoms with Crippen molar-refractivity contribution in [2.24, 2.45) is 0 Å². The predicted molar refractivity (Wildman–Crippen MR) is 69.1 cm³/mol. The number of carbonyl (C=O) groups excluding carboxylic acids is 1. The molecule has 0 amide bonds. The minimum Gasteiger partial charge on any atom is -0.314 e. The molecule has 17 heavy (non-hydrogen) atoms. The third kappa shape index (κ3) is 1.62. The van der Waals surface area contributed by atoms with Crippen LogP contribution < -0.4 is 0 Å². The minimum absolute atomic E-state index is 0.752. The summed E-state index contributed by atoms with van der Waals surface area (Å²) in [5, 5.41) is 0. The summed E-state index contributed by atoms with van der Waals surface area (Å²) in [6.45, 7) is 0. The highest BCUT2D eigenvalue weighted by Crippen LogP contribution is 2.28. The van der Waals surface area contributed by atoms with Gasteiger partial charge in [-0.2, -0.15) is 0 Å². The Bertz CT molecular complexity index is 631. The molecular weight excluding hydrogens is 210 g/mol. The highest BCUT2D eigenvalue weighted by Gasteiger charge is 2.13. The smallest absolute Gasteiger partial charge is 0.167 e. The van der Waals surface area contributed by atoms with Crippen LogP contribution in [0.15, 0.2) is 48.7 Å². The summed E-state index contributed by atoms with van der Waals surface area (Å²) >= 11 is 0. The van der Waals surface area contributed by atoms with Crippen molar-refractivity contribution in [3.8, 4) is 0 Å². The number of pyridine rings is 1. The molecule has 0 N–H and O–H groups in total. The van der Waals surface area contributed by atoms with E-state index in [4.69, 9.17) is 0 Å². The van der Waals surface area contributed by atoms with Crippen LogP contribution in [0.4, 0.5) is 0 Å². The van der Waals surface area contributed by atoms with Gasteiger partial charge in [0, 0.05) is 17.3 Å². The largest absolute Gasteiger partial charge is 0.314 e. The van der Waals surface area contributed by atoms with Gasteiger partial charge in [0.25, 0.3) is 0 Å². The van der Waals surface area contributed by atoms with Crippen molar-refractivity contribution in [2.75, 3.05) is 0 Å². The van der Waals surface area contributed by atoms with Gasteiger partial charge in [-0.05, 0) is 36.6 Å². The van der Waals surface area contributed by atoms with Crippen LogP contribution in [0.1, 0.15) is 28.9 Å². The molecular formula is C15H13NO. The first-order chi connectivity index (χ1) is 8.40. The summed E-state index contributed by atoms with van der Waals surface area (Å²) in [5.74, 6) is 0. The second-order valence-electron chi connectivity index (χ2n) is 4.22. The number of carbonyl (C=O) groups is 1. The second kappa shape index (κ2) is 4.06. The topological polar surface area (TPSA) is 21.5 Å². The second-order valence-corrected chi connectivity index (χ2v) is 4.22. The zero-order valence-corrected chi connectivity index (χ0v) is 9.47. The third-order valence-corrected chi connectivity index (χ3v) is 3.19. The van der Waals surface area contributed by atoms with Crippen molar-refractivity contribution in [3.05, 3.63) is 59.9 Å². The number of allylic oxidation sites excluding steroid dienone is 4. The van der Waals surface area contributed by atoms with E-state index in [2.05, 4.69) is 24.3 Å². The number of rotatable bonds is 2. The molecule has 2 heterocycles. The van der Waals surface area contributed by atoms with E-state index < -0.39 is 0 Å². The van der Waals surface area contributed by atoms with Gasteiger partial charge in [-0.25, -0.2) is 0 Å². The Kier molecular flexibility index (Phi) is 2.41. The molecule has 84 valence electrons. The van der Waals surface area contributed by atoms with E-state index in [9.17, 15) is 4.79 Å². The van der Waals surface area contributed by atoms with Crippen molar-refractivity contribution in [3.63, 3.8) is 0 Å². The lowest BCUT2D eigenvalue weighted by atomic mass is 9.98. The SMILES string of the molecule is O=Cc1c(C2=CC=CCC2)cc2ccccn12. The Morgan fingerprint density at radius 1 is 1.29 bits per heavy atom. The summed E-state index contributed by atoms with van der Waals surface area (Å²) in [7, 11) is 0. The zero-order chi connectivity index (χ0) is 11.7. The number of hydrogen-bond acceptors (Lipinski definition) is 1. The molecule has 2 nitrogen and oxygen atoms in total. The van der Waals surface area contributed by atoms with E-state index in [0.29, 0.717) is 0 Å². The summed E-state index contributed by atoms with van der Waals surface area (Å²) in [6.07, 6.45) is 11.3. The van der Waals surface area contributed by atoms with E-state index in [1.807, 2.05) is 28.8 Å². The number of hydrogen-bond donors (Lipinski definition) is 0. The van der Waals surface area contributed by atoms with E-state index in [-0.39, 0.29) is 0 Å². The Labute approximate surface area is 99.9 Å². The first-order valence-electron chi connectivity index (χ1n) is 5.81. The van der Waals surface area contributed by atoms with Gasteiger partial charge in [-0.15, -0.1) is 0 Å². The molecule has 2 heteroatoms. The van der Waals surface area contributed by atoms with E-state index in [1.165, 1.54) is 5.57 Å². The molecule has 0 aromatic carbocycles. The molecule has 0 radical (unpaired) electrons. The number of aldehydes is 1. The van der Waals surface area contributed by atoms with Gasteiger partial charge in [-0.1, -0.05) is 24.3 Å². The lowest BCUT2D eigenvalue weighted by Gasteiger charge is -2.07. The number of aromatic nitrogens is 1. The first kappa shape index (κ1) is 10.1. The summed E-state index contributed by atoms with van der Waals surface area (Å²) in [4.78, 5) is 11.3. The normalized spacial score (nSPS) is 14.9. The van der Waals surface area contributed by atoms with Gasteiger partial charge in [0.1, 0.15) is 0 Å². The minimum atomic E-state index is 0.752. The fourth-order valence-corrected chi connectivity index (χ4v) is 2.35. The Balaban J connectivity index is 2.25. The molecule has 3 rings (SSSR count). The Morgan fingerprint density at radius 3 is 3.00 bits per heavy atom. The van der Waals surface area contributed by atoms with Gasteiger partial charge in [0.05, 0.1) is 5.69 Å². The predicted octanol–water partition coefficient (Wildman–Crippen LogP) is 3.49. The molecule has 1 aliphatic rings. The van der Waals surface area contributed by atoms with Crippen LogP contribution in [0.2, 0.25) is 0 Å². The van der Waals surface area contributed by atoms with Crippen molar-refractivity contribution in [2.45, 2.75) is 12.8 Å². The summed E-state index contributed by atoms with van der Waals surface area (Å²) in [5.41, 5.74) is 4.14. The number of nitrogens with zero attached hydrogens (tertiary/aromatic N) is 1. The van der Waals surface area contributed by atoms with Crippen LogP contribution in [0.5, 0.6) is 0 Å². The molecule has 0 saturated heterocycles. The first-order valence-corrected chi connectivity index (χ1v) is 5.81. The molecule has 2 aromatic rings. The molecule has 0 bridgehead atoms.